The van der Waals surface area contributed by atoms with Crippen LogP contribution in [0.4, 0.5) is 11.5 Å². The van der Waals surface area contributed by atoms with Gasteiger partial charge in [-0.2, -0.15) is 5.10 Å². The average molecular weight is 247 g/mol. The zero-order valence-corrected chi connectivity index (χ0v) is 10.0. The molecule has 2 rings (SSSR count). The van der Waals surface area contributed by atoms with Crippen LogP contribution in [0.15, 0.2) is 24.8 Å². The highest BCUT2D eigenvalue weighted by atomic mass is 16.4. The molecule has 2 aromatic rings. The van der Waals surface area contributed by atoms with Crippen molar-refractivity contribution >= 4 is 17.5 Å². The maximum atomic E-state index is 11.0. The maximum absolute atomic E-state index is 11.0. The van der Waals surface area contributed by atoms with Gasteiger partial charge >= 0.3 is 5.97 Å². The van der Waals surface area contributed by atoms with E-state index >= 15 is 0 Å². The van der Waals surface area contributed by atoms with Crippen molar-refractivity contribution in [3.05, 3.63) is 30.5 Å². The zero-order chi connectivity index (χ0) is 13.1. The van der Waals surface area contributed by atoms with Gasteiger partial charge in [-0.1, -0.05) is 0 Å². The summed E-state index contributed by atoms with van der Waals surface area (Å²) in [6, 6.07) is 0.237. The Hall–Kier alpha value is -2.44. The van der Waals surface area contributed by atoms with Crippen LogP contribution in [0.1, 0.15) is 30.4 Å². The summed E-state index contributed by atoms with van der Waals surface area (Å²) >= 11 is 0. The fourth-order valence-corrected chi connectivity index (χ4v) is 1.41. The first kappa shape index (κ1) is 12.0. The van der Waals surface area contributed by atoms with Crippen LogP contribution in [0, 0.1) is 0 Å². The second kappa shape index (κ2) is 4.82. The van der Waals surface area contributed by atoms with Crippen molar-refractivity contribution in [3.63, 3.8) is 0 Å². The molecule has 0 unspecified atom stereocenters. The summed E-state index contributed by atoms with van der Waals surface area (Å²) in [6.45, 7) is 4.00. The van der Waals surface area contributed by atoms with Gasteiger partial charge in [0.1, 0.15) is 0 Å². The second-order valence-electron chi connectivity index (χ2n) is 3.99. The molecule has 2 heterocycles. The Morgan fingerprint density at radius 2 is 2.11 bits per heavy atom. The topological polar surface area (TPSA) is 92.9 Å². The molecule has 0 saturated carbocycles. The normalized spacial score (nSPS) is 10.6. The van der Waals surface area contributed by atoms with Crippen molar-refractivity contribution in [1.29, 1.82) is 0 Å². The molecule has 0 amide bonds. The molecule has 94 valence electrons. The standard InChI is InChI=1S/C11H13N5O2/c1-7(2)16-6-8(5-14-16)15-10-9(11(17)18)12-3-4-13-10/h3-7H,1-2H3,(H,13,15)(H,17,18). The van der Waals surface area contributed by atoms with Crippen LogP contribution in [0.5, 0.6) is 0 Å². The first-order valence-corrected chi connectivity index (χ1v) is 5.43. The third kappa shape index (κ3) is 2.45. The van der Waals surface area contributed by atoms with Gasteiger partial charge in [0, 0.05) is 24.6 Å². The second-order valence-corrected chi connectivity index (χ2v) is 3.99. The van der Waals surface area contributed by atoms with Crippen molar-refractivity contribution in [2.45, 2.75) is 19.9 Å². The molecule has 18 heavy (non-hydrogen) atoms. The summed E-state index contributed by atoms with van der Waals surface area (Å²) < 4.78 is 1.76. The number of carboxylic acid groups (broad SMARTS) is 1. The van der Waals surface area contributed by atoms with Crippen LogP contribution in [0.25, 0.3) is 0 Å². The molecule has 7 nitrogen and oxygen atoms in total. The Kier molecular flexibility index (Phi) is 3.22. The van der Waals surface area contributed by atoms with Crippen molar-refractivity contribution in [3.8, 4) is 0 Å². The minimum atomic E-state index is -1.12. The summed E-state index contributed by atoms with van der Waals surface area (Å²) in [5.41, 5.74) is 0.557. The van der Waals surface area contributed by atoms with Gasteiger partial charge in [0.15, 0.2) is 11.5 Å². The third-order valence-electron chi connectivity index (χ3n) is 2.29. The first-order chi connectivity index (χ1) is 8.58. The van der Waals surface area contributed by atoms with Crippen LogP contribution in [-0.2, 0) is 0 Å². The number of aromatic nitrogens is 4. The van der Waals surface area contributed by atoms with E-state index in [1.165, 1.54) is 12.4 Å². The lowest BCUT2D eigenvalue weighted by Gasteiger charge is -2.05. The predicted molar refractivity (Wildman–Crippen MR) is 64.9 cm³/mol. The van der Waals surface area contributed by atoms with E-state index < -0.39 is 5.97 Å². The number of nitrogens with zero attached hydrogens (tertiary/aromatic N) is 4. The SMILES string of the molecule is CC(C)n1cc(Nc2nccnc2C(=O)O)cn1. The van der Waals surface area contributed by atoms with Crippen LogP contribution < -0.4 is 5.32 Å². The monoisotopic (exact) mass is 247 g/mol. The van der Waals surface area contributed by atoms with Crippen molar-refractivity contribution in [2.75, 3.05) is 5.32 Å². The lowest BCUT2D eigenvalue weighted by molar-refractivity contribution is 0.0691. The van der Waals surface area contributed by atoms with Crippen LogP contribution in [0.2, 0.25) is 0 Å². The summed E-state index contributed by atoms with van der Waals surface area (Å²) in [4.78, 5) is 18.7. The van der Waals surface area contributed by atoms with E-state index in [2.05, 4.69) is 20.4 Å². The van der Waals surface area contributed by atoms with Crippen LogP contribution in [-0.4, -0.2) is 30.8 Å². The number of hydrogen-bond acceptors (Lipinski definition) is 5. The van der Waals surface area contributed by atoms with Crippen LogP contribution in [0.3, 0.4) is 0 Å². The highest BCUT2D eigenvalue weighted by Crippen LogP contribution is 2.17. The molecule has 2 N–H and O–H groups in total. The molecule has 7 heteroatoms. The van der Waals surface area contributed by atoms with Gasteiger partial charge in [-0.15, -0.1) is 0 Å². The Balaban J connectivity index is 2.25. The number of aromatic carboxylic acids is 1. The largest absolute Gasteiger partial charge is 0.476 e. The van der Waals surface area contributed by atoms with Gasteiger partial charge in [-0.3, -0.25) is 4.68 Å². The number of anilines is 2. The quantitative estimate of drug-likeness (QED) is 0.854. The van der Waals surface area contributed by atoms with Gasteiger partial charge < -0.3 is 10.4 Å². The van der Waals surface area contributed by atoms with Crippen molar-refractivity contribution < 1.29 is 9.90 Å². The predicted octanol–water partition coefficient (Wildman–Crippen LogP) is 1.70. The molecule has 0 fully saturated rings. The Labute approximate surface area is 104 Å². The molecular weight excluding hydrogens is 234 g/mol. The molecule has 0 bridgehead atoms. The van der Waals surface area contributed by atoms with Gasteiger partial charge in [-0.25, -0.2) is 14.8 Å². The highest BCUT2D eigenvalue weighted by molar-refractivity contribution is 5.91. The molecule has 0 saturated heterocycles. The molecule has 0 aliphatic carbocycles. The number of carboxylic acids is 1. The lowest BCUT2D eigenvalue weighted by atomic mass is 10.4. The van der Waals surface area contributed by atoms with E-state index in [1.807, 2.05) is 13.8 Å². The summed E-state index contributed by atoms with van der Waals surface area (Å²) in [7, 11) is 0. The number of rotatable bonds is 4. The minimum Gasteiger partial charge on any atom is -0.476 e. The van der Waals surface area contributed by atoms with Gasteiger partial charge in [0.25, 0.3) is 0 Å². The molecule has 0 spiro atoms. The Morgan fingerprint density at radius 1 is 1.39 bits per heavy atom. The minimum absolute atomic E-state index is 0.116. The number of nitrogens with one attached hydrogen (secondary N) is 1. The number of carbonyl (C=O) groups is 1. The van der Waals surface area contributed by atoms with E-state index in [9.17, 15) is 4.79 Å². The molecular formula is C11H13N5O2. The summed E-state index contributed by atoms with van der Waals surface area (Å²) in [6.07, 6.45) is 6.17. The van der Waals surface area contributed by atoms with E-state index in [1.54, 1.807) is 17.1 Å². The van der Waals surface area contributed by atoms with Crippen molar-refractivity contribution in [1.82, 2.24) is 19.7 Å². The smallest absolute Gasteiger partial charge is 0.358 e. The molecule has 0 atom stereocenters. The van der Waals surface area contributed by atoms with Gasteiger partial charge in [0.2, 0.25) is 0 Å². The van der Waals surface area contributed by atoms with Crippen molar-refractivity contribution in [2.24, 2.45) is 0 Å². The Morgan fingerprint density at radius 3 is 2.72 bits per heavy atom. The van der Waals surface area contributed by atoms with E-state index in [0.29, 0.717) is 5.69 Å². The first-order valence-electron chi connectivity index (χ1n) is 5.43. The summed E-state index contributed by atoms with van der Waals surface area (Å²) in [5.74, 6) is -0.921. The fraction of sp³-hybridized carbons (Fsp3) is 0.273. The van der Waals surface area contributed by atoms with Crippen LogP contribution >= 0.6 is 0 Å². The van der Waals surface area contributed by atoms with E-state index in [4.69, 9.17) is 5.11 Å². The molecule has 0 aliphatic rings. The van der Waals surface area contributed by atoms with Gasteiger partial charge in [-0.05, 0) is 13.8 Å². The zero-order valence-electron chi connectivity index (χ0n) is 10.0. The summed E-state index contributed by atoms with van der Waals surface area (Å²) in [5, 5.41) is 16.0. The van der Waals surface area contributed by atoms with E-state index in [0.717, 1.165) is 0 Å². The molecule has 0 aromatic carbocycles. The molecule has 0 aliphatic heterocycles. The highest BCUT2D eigenvalue weighted by Gasteiger charge is 2.13. The third-order valence-corrected chi connectivity index (χ3v) is 2.29. The molecule has 0 radical (unpaired) electrons. The Bertz CT molecular complexity index is 564. The van der Waals surface area contributed by atoms with Gasteiger partial charge in [0.05, 0.1) is 11.9 Å². The lowest BCUT2D eigenvalue weighted by Crippen LogP contribution is -2.07. The fourth-order valence-electron chi connectivity index (χ4n) is 1.41. The number of hydrogen-bond donors (Lipinski definition) is 2. The maximum Gasteiger partial charge on any atom is 0.358 e. The van der Waals surface area contributed by atoms with E-state index in [-0.39, 0.29) is 17.6 Å². The molecule has 2 aromatic heterocycles. The average Bonchev–Trinajstić information content (AvgIpc) is 2.78.